The summed E-state index contributed by atoms with van der Waals surface area (Å²) in [7, 11) is 1.36. The van der Waals surface area contributed by atoms with Crippen LogP contribution in [0.5, 0.6) is 0 Å². The highest BCUT2D eigenvalue weighted by molar-refractivity contribution is 5.85. The summed E-state index contributed by atoms with van der Waals surface area (Å²) in [6.45, 7) is 2.83. The van der Waals surface area contributed by atoms with Gasteiger partial charge in [-0.25, -0.2) is 4.79 Å². The number of rotatable bonds is 11. The van der Waals surface area contributed by atoms with Crippen molar-refractivity contribution in [3.8, 4) is 0 Å². The molecule has 4 saturated carbocycles. The molecule has 0 spiro atoms. The van der Waals surface area contributed by atoms with Crippen molar-refractivity contribution in [1.29, 1.82) is 0 Å². The second kappa shape index (κ2) is 17.6. The Morgan fingerprint density at radius 1 is 0.770 bits per heavy atom. The zero-order chi connectivity index (χ0) is 43.8. The highest BCUT2D eigenvalue weighted by Crippen LogP contribution is 2.69. The van der Waals surface area contributed by atoms with Gasteiger partial charge in [-0.15, -0.1) is 0 Å². The van der Waals surface area contributed by atoms with E-state index in [4.69, 9.17) is 37.9 Å². The van der Waals surface area contributed by atoms with Gasteiger partial charge in [0.05, 0.1) is 31.0 Å². The predicted molar refractivity (Wildman–Crippen MR) is 203 cm³/mol. The Bertz CT molecular complexity index is 1620. The van der Waals surface area contributed by atoms with Gasteiger partial charge in [0, 0.05) is 24.0 Å². The average molecular weight is 873 g/mol. The standard InChI is InChI=1S/C42H64O19/c1-18-35(61-38-33(51)31(49)29(47)26(60-38)16-56-37-32(50)30(48)28(46)25(14-43)59-37)36(54-3)34(52)39(57-18)58-21-6-10-41(17-44)20(13-21)4-5-24-23(41)7-9-40(2)22(8-11-42(24,40)53)19-12-27(45)55-15-19/h12,17-18,20-26,28-39,43,46-53H,4-11,13-16H2,1-3H3/t18-,20+,21-,22+,23-,24+,25+,26+,28+,29+,30-,31-,32+,33+,34+,35-,36-,37+,38-,39-,40+,41+,42-/m0/s1. The molecule has 19 heteroatoms. The molecule has 23 atom stereocenters. The van der Waals surface area contributed by atoms with E-state index in [0.29, 0.717) is 25.7 Å². The minimum absolute atomic E-state index is 0.000150. The highest BCUT2D eigenvalue weighted by Gasteiger charge is 2.69. The van der Waals surface area contributed by atoms with Crippen molar-refractivity contribution in [3.05, 3.63) is 11.6 Å². The van der Waals surface area contributed by atoms with Crippen LogP contribution in [-0.2, 0) is 47.5 Å². The largest absolute Gasteiger partial charge is 0.458 e. The molecule has 3 saturated heterocycles. The van der Waals surface area contributed by atoms with Crippen molar-refractivity contribution in [2.45, 2.75) is 175 Å². The molecule has 0 amide bonds. The number of carbonyl (C=O) groups excluding carboxylic acids is 2. The Kier molecular flexibility index (Phi) is 13.2. The Hall–Kier alpha value is -1.76. The molecule has 7 fully saturated rings. The maximum Gasteiger partial charge on any atom is 0.331 e. The van der Waals surface area contributed by atoms with Crippen LogP contribution in [0.4, 0.5) is 0 Å². The number of esters is 1. The van der Waals surface area contributed by atoms with Crippen molar-refractivity contribution in [3.63, 3.8) is 0 Å². The van der Waals surface area contributed by atoms with Crippen molar-refractivity contribution in [1.82, 2.24) is 0 Å². The Morgan fingerprint density at radius 2 is 1.46 bits per heavy atom. The summed E-state index contributed by atoms with van der Waals surface area (Å²) in [5, 5.41) is 96.6. The van der Waals surface area contributed by atoms with Crippen LogP contribution < -0.4 is 0 Å². The molecule has 8 aliphatic rings. The monoisotopic (exact) mass is 872 g/mol. The van der Waals surface area contributed by atoms with Gasteiger partial charge in [0.1, 0.15) is 80.0 Å². The second-order valence-corrected chi connectivity index (χ2v) is 19.1. The number of hydrogen-bond acceptors (Lipinski definition) is 19. The molecule has 4 heterocycles. The lowest BCUT2D eigenvalue weighted by Gasteiger charge is -2.63. The summed E-state index contributed by atoms with van der Waals surface area (Å²) in [5.74, 6) is -0.343. The number of aliphatic hydroxyl groups is 9. The van der Waals surface area contributed by atoms with E-state index < -0.39 is 122 Å². The summed E-state index contributed by atoms with van der Waals surface area (Å²) >= 11 is 0. The number of carbonyl (C=O) groups is 2. The Labute approximate surface area is 353 Å². The van der Waals surface area contributed by atoms with Crippen LogP contribution in [0.3, 0.4) is 0 Å². The van der Waals surface area contributed by atoms with Gasteiger partial charge in [-0.1, -0.05) is 6.92 Å². The molecule has 0 aromatic carbocycles. The lowest BCUT2D eigenvalue weighted by Crippen LogP contribution is -2.65. The van der Waals surface area contributed by atoms with Crippen molar-refractivity contribution in [2.75, 3.05) is 26.9 Å². The minimum atomic E-state index is -1.79. The highest BCUT2D eigenvalue weighted by atomic mass is 16.8. The lowest BCUT2D eigenvalue weighted by atomic mass is 9.43. The van der Waals surface area contributed by atoms with Crippen molar-refractivity contribution < 1.29 is 93.4 Å². The maximum absolute atomic E-state index is 13.3. The number of methoxy groups -OCH3 is 1. The van der Waals surface area contributed by atoms with E-state index >= 15 is 0 Å². The van der Waals surface area contributed by atoms with Crippen LogP contribution in [0, 0.1) is 34.5 Å². The van der Waals surface area contributed by atoms with Crippen molar-refractivity contribution in [2.24, 2.45) is 34.5 Å². The van der Waals surface area contributed by atoms with Gasteiger partial charge in [0.2, 0.25) is 0 Å². The van der Waals surface area contributed by atoms with Crippen LogP contribution in [0.25, 0.3) is 0 Å². The van der Waals surface area contributed by atoms with Crippen LogP contribution >= 0.6 is 0 Å². The second-order valence-electron chi connectivity index (χ2n) is 19.1. The van der Waals surface area contributed by atoms with Gasteiger partial charge in [-0.05, 0) is 94.0 Å². The SMILES string of the molecule is CO[C@H]1[C@@H](O)[C@H](O[C@H]2CC[C@@]3(C=O)[C@H](CC[C@@H]4[C@@H]3CC[C@]3(C)[C@@H](C5=CC(=O)OC5)CC[C@]43O)C2)O[C@@H](C)[C@@H]1O[C@@H]1O[C@H](CO[C@@H]2O[C@H](CO)[C@@H](O)[C@H](O)[C@H]2O)[C@@H](O)[C@H](O)[C@H]1O. The van der Waals surface area contributed by atoms with E-state index in [1.165, 1.54) is 7.11 Å². The lowest BCUT2D eigenvalue weighted by molar-refractivity contribution is -0.367. The first kappa shape index (κ1) is 45.8. The Balaban J connectivity index is 0.887. The molecule has 8 rings (SSSR count). The zero-order valence-electron chi connectivity index (χ0n) is 34.8. The molecule has 61 heavy (non-hydrogen) atoms. The van der Waals surface area contributed by atoms with E-state index in [-0.39, 0.29) is 42.4 Å². The molecule has 346 valence electrons. The van der Waals surface area contributed by atoms with Gasteiger partial charge < -0.3 is 88.6 Å². The number of cyclic esters (lactones) is 1. The molecule has 4 aliphatic heterocycles. The van der Waals surface area contributed by atoms with E-state index in [1.54, 1.807) is 13.0 Å². The molecule has 0 unspecified atom stereocenters. The van der Waals surface area contributed by atoms with Crippen LogP contribution in [-0.4, -0.2) is 189 Å². The number of fused-ring (bicyclic) bond motifs is 5. The van der Waals surface area contributed by atoms with Crippen molar-refractivity contribution >= 4 is 12.3 Å². The fourth-order valence-corrected chi connectivity index (χ4v) is 12.9. The van der Waals surface area contributed by atoms with E-state index in [2.05, 4.69) is 6.92 Å². The quantitative estimate of drug-likeness (QED) is 0.0613. The smallest absolute Gasteiger partial charge is 0.331 e. The first-order valence-electron chi connectivity index (χ1n) is 21.9. The predicted octanol–water partition coefficient (Wildman–Crippen LogP) is -2.06. The minimum Gasteiger partial charge on any atom is -0.458 e. The normalized spacial score (nSPS) is 53.6. The number of aldehydes is 1. The number of aliphatic hydroxyl groups excluding tert-OH is 8. The van der Waals surface area contributed by atoms with Gasteiger partial charge >= 0.3 is 5.97 Å². The van der Waals surface area contributed by atoms with E-state index in [1.807, 2.05) is 0 Å². The molecule has 9 N–H and O–H groups in total. The zero-order valence-corrected chi connectivity index (χ0v) is 34.8. The first-order chi connectivity index (χ1) is 29.0. The van der Waals surface area contributed by atoms with E-state index in [9.17, 15) is 55.5 Å². The molecular formula is C42H64O19. The third-order valence-electron chi connectivity index (χ3n) is 16.3. The van der Waals surface area contributed by atoms with Crippen LogP contribution in [0.15, 0.2) is 11.6 Å². The molecule has 0 aromatic heterocycles. The summed E-state index contributed by atoms with van der Waals surface area (Å²) in [6.07, 6.45) is -13.2. The molecule has 0 bridgehead atoms. The maximum atomic E-state index is 13.3. The van der Waals surface area contributed by atoms with Gasteiger partial charge in [-0.2, -0.15) is 0 Å². The molecular weight excluding hydrogens is 808 g/mol. The van der Waals surface area contributed by atoms with Crippen LogP contribution in [0.2, 0.25) is 0 Å². The molecule has 0 aromatic rings. The first-order valence-corrected chi connectivity index (χ1v) is 21.9. The van der Waals surface area contributed by atoms with Crippen LogP contribution in [0.1, 0.15) is 71.6 Å². The fourth-order valence-electron chi connectivity index (χ4n) is 12.9. The molecule has 4 aliphatic carbocycles. The third-order valence-corrected chi connectivity index (χ3v) is 16.3. The third kappa shape index (κ3) is 7.64. The summed E-state index contributed by atoms with van der Waals surface area (Å²) in [5.41, 5.74) is -1.07. The number of hydrogen-bond donors (Lipinski definition) is 9. The van der Waals surface area contributed by atoms with E-state index in [0.717, 1.165) is 44.0 Å². The fraction of sp³-hybridized carbons (Fsp3) is 0.905. The van der Waals surface area contributed by atoms with Gasteiger partial charge in [0.25, 0.3) is 0 Å². The topological polar surface area (TPSA) is 290 Å². The summed E-state index contributed by atoms with van der Waals surface area (Å²) in [4.78, 5) is 25.3. The van der Waals surface area contributed by atoms with Gasteiger partial charge in [0.15, 0.2) is 18.9 Å². The molecule has 0 radical (unpaired) electrons. The average Bonchev–Trinajstić information content (AvgIpc) is 3.80. The summed E-state index contributed by atoms with van der Waals surface area (Å²) in [6, 6.07) is 0. The molecule has 19 nitrogen and oxygen atoms in total. The summed E-state index contributed by atoms with van der Waals surface area (Å²) < 4.78 is 46.4. The van der Waals surface area contributed by atoms with Gasteiger partial charge in [-0.3, -0.25) is 0 Å². The Morgan fingerprint density at radius 3 is 2.13 bits per heavy atom. The number of ether oxygens (including phenoxy) is 8.